The van der Waals surface area contributed by atoms with Gasteiger partial charge in [-0.1, -0.05) is 12.8 Å². The molecule has 3 unspecified atom stereocenters. The largest absolute Gasteiger partial charge is 0.271 e. The summed E-state index contributed by atoms with van der Waals surface area (Å²) in [4.78, 5) is 1.46. The highest BCUT2D eigenvalue weighted by atomic mass is 32.1. The van der Waals surface area contributed by atoms with Gasteiger partial charge < -0.3 is 0 Å². The predicted molar refractivity (Wildman–Crippen MR) is 68.1 cm³/mol. The van der Waals surface area contributed by atoms with Gasteiger partial charge >= 0.3 is 0 Å². The highest BCUT2D eigenvalue weighted by Gasteiger charge is 2.54. The Kier molecular flexibility index (Phi) is 2.78. The number of thiophene rings is 1. The molecule has 3 atom stereocenters. The molecule has 0 saturated heterocycles. The second-order valence-corrected chi connectivity index (χ2v) is 6.25. The minimum atomic E-state index is 0.410. The summed E-state index contributed by atoms with van der Waals surface area (Å²) in [5.41, 5.74) is 4.47. The molecule has 2 aliphatic rings. The molecule has 0 spiro atoms. The third-order valence-corrected chi connectivity index (χ3v) is 5.57. The van der Waals surface area contributed by atoms with E-state index in [1.54, 1.807) is 0 Å². The second-order valence-electron chi connectivity index (χ2n) is 5.30. The predicted octanol–water partition coefficient (Wildman–Crippen LogP) is 3.00. The Bertz CT molecular complexity index is 362. The molecule has 2 nitrogen and oxygen atoms in total. The Hall–Kier alpha value is -0.380. The Morgan fingerprint density at radius 1 is 1.38 bits per heavy atom. The number of rotatable bonds is 3. The molecule has 0 amide bonds. The molecule has 16 heavy (non-hydrogen) atoms. The monoisotopic (exact) mass is 236 g/mol. The van der Waals surface area contributed by atoms with Crippen molar-refractivity contribution in [2.24, 2.45) is 23.6 Å². The molecule has 0 aromatic carbocycles. The molecule has 0 aliphatic heterocycles. The quantitative estimate of drug-likeness (QED) is 0.625. The van der Waals surface area contributed by atoms with Crippen molar-refractivity contribution in [3.05, 3.63) is 21.9 Å². The number of hydrazine groups is 1. The van der Waals surface area contributed by atoms with Crippen molar-refractivity contribution in [2.75, 3.05) is 0 Å². The molecule has 1 aromatic rings. The Morgan fingerprint density at radius 2 is 2.06 bits per heavy atom. The molecule has 0 bridgehead atoms. The molecule has 3 N–H and O–H groups in total. The Morgan fingerprint density at radius 3 is 2.56 bits per heavy atom. The highest BCUT2D eigenvalue weighted by molar-refractivity contribution is 7.10. The summed E-state index contributed by atoms with van der Waals surface area (Å²) < 4.78 is 0. The normalized spacial score (nSPS) is 34.5. The Balaban J connectivity index is 1.80. The number of fused-ring (bicyclic) bond motifs is 1. The number of nitrogens with two attached hydrogens (primary N) is 1. The first-order chi connectivity index (χ1) is 7.83. The molecule has 1 heterocycles. The van der Waals surface area contributed by atoms with Gasteiger partial charge in [0.25, 0.3) is 0 Å². The number of nitrogens with one attached hydrogen (secondary N) is 1. The minimum Gasteiger partial charge on any atom is -0.271 e. The van der Waals surface area contributed by atoms with Crippen LogP contribution in [0.15, 0.2) is 11.4 Å². The van der Waals surface area contributed by atoms with E-state index in [1.807, 2.05) is 11.3 Å². The minimum absolute atomic E-state index is 0.410. The zero-order valence-corrected chi connectivity index (χ0v) is 10.6. The number of hydrogen-bond acceptors (Lipinski definition) is 3. The van der Waals surface area contributed by atoms with E-state index in [0.29, 0.717) is 6.04 Å². The van der Waals surface area contributed by atoms with E-state index >= 15 is 0 Å². The van der Waals surface area contributed by atoms with Crippen LogP contribution >= 0.6 is 11.3 Å². The Labute approximate surface area is 101 Å². The molecule has 2 fully saturated rings. The molecule has 0 radical (unpaired) electrons. The van der Waals surface area contributed by atoms with Gasteiger partial charge in [-0.3, -0.25) is 11.3 Å². The van der Waals surface area contributed by atoms with Crippen molar-refractivity contribution in [1.82, 2.24) is 5.43 Å². The van der Waals surface area contributed by atoms with Gasteiger partial charge in [0.05, 0.1) is 6.04 Å². The third-order valence-electron chi connectivity index (χ3n) is 4.47. The topological polar surface area (TPSA) is 38.0 Å². The van der Waals surface area contributed by atoms with E-state index in [-0.39, 0.29) is 0 Å². The number of aryl methyl sites for hydroxylation is 1. The lowest BCUT2D eigenvalue weighted by molar-refractivity contribution is 0.461. The average molecular weight is 236 g/mol. The van der Waals surface area contributed by atoms with Crippen LogP contribution in [0.25, 0.3) is 0 Å². The van der Waals surface area contributed by atoms with E-state index in [9.17, 15) is 0 Å². The van der Waals surface area contributed by atoms with Crippen LogP contribution in [0.2, 0.25) is 0 Å². The molecule has 3 rings (SSSR count). The van der Waals surface area contributed by atoms with Crippen LogP contribution in [0.3, 0.4) is 0 Å². The fourth-order valence-electron chi connectivity index (χ4n) is 3.61. The zero-order valence-electron chi connectivity index (χ0n) is 9.78. The molecule has 88 valence electrons. The van der Waals surface area contributed by atoms with E-state index in [4.69, 9.17) is 5.84 Å². The van der Waals surface area contributed by atoms with Crippen LogP contribution in [-0.4, -0.2) is 0 Å². The van der Waals surface area contributed by atoms with Gasteiger partial charge in [0.1, 0.15) is 0 Å². The summed E-state index contributed by atoms with van der Waals surface area (Å²) in [6.07, 6.45) is 5.71. The zero-order chi connectivity index (χ0) is 11.1. The maximum absolute atomic E-state index is 5.78. The van der Waals surface area contributed by atoms with Crippen LogP contribution in [0.5, 0.6) is 0 Å². The van der Waals surface area contributed by atoms with Crippen molar-refractivity contribution in [3.8, 4) is 0 Å². The van der Waals surface area contributed by atoms with Crippen molar-refractivity contribution >= 4 is 11.3 Å². The van der Waals surface area contributed by atoms with Crippen LogP contribution < -0.4 is 11.3 Å². The summed E-state index contributed by atoms with van der Waals surface area (Å²) in [5, 5.41) is 2.18. The van der Waals surface area contributed by atoms with Gasteiger partial charge in [0, 0.05) is 4.88 Å². The van der Waals surface area contributed by atoms with E-state index in [0.717, 1.165) is 17.8 Å². The summed E-state index contributed by atoms with van der Waals surface area (Å²) in [5.74, 6) is 8.50. The summed E-state index contributed by atoms with van der Waals surface area (Å²) in [7, 11) is 0. The van der Waals surface area contributed by atoms with Crippen LogP contribution in [0, 0.1) is 24.7 Å². The smallest absolute Gasteiger partial charge is 0.0589 e. The molecule has 3 heteroatoms. The van der Waals surface area contributed by atoms with Gasteiger partial charge in [0.2, 0.25) is 0 Å². The van der Waals surface area contributed by atoms with Crippen molar-refractivity contribution in [2.45, 2.75) is 38.6 Å². The van der Waals surface area contributed by atoms with Crippen LogP contribution in [0.1, 0.15) is 42.2 Å². The fraction of sp³-hybridized carbons (Fsp3) is 0.692. The first kappa shape index (κ1) is 10.8. The van der Waals surface area contributed by atoms with E-state index in [1.165, 1.54) is 36.1 Å². The highest BCUT2D eigenvalue weighted by Crippen LogP contribution is 2.60. The molecule has 1 aromatic heterocycles. The fourth-order valence-corrected chi connectivity index (χ4v) is 4.65. The standard InChI is InChI=1S/C13H20N2S/c1-8-6-7-16-13(8)12(15-14)11-9-4-2-3-5-10(9)11/h6-7,9-12,15H,2-5,14H2,1H3. The maximum atomic E-state index is 5.78. The van der Waals surface area contributed by atoms with E-state index < -0.39 is 0 Å². The van der Waals surface area contributed by atoms with Gasteiger partial charge in [-0.05, 0) is 54.5 Å². The van der Waals surface area contributed by atoms with Crippen molar-refractivity contribution in [1.29, 1.82) is 0 Å². The SMILES string of the molecule is Cc1ccsc1C(NN)C1C2CCCCC21. The molecular weight excluding hydrogens is 216 g/mol. The summed E-state index contributed by atoms with van der Waals surface area (Å²) in [6, 6.07) is 2.62. The van der Waals surface area contributed by atoms with Gasteiger partial charge in [-0.2, -0.15) is 0 Å². The average Bonchev–Trinajstić information content (AvgIpc) is 2.87. The van der Waals surface area contributed by atoms with Crippen LogP contribution in [0.4, 0.5) is 0 Å². The lowest BCUT2D eigenvalue weighted by atomic mass is 10.0. The molecular formula is C13H20N2S. The van der Waals surface area contributed by atoms with Gasteiger partial charge in [0.15, 0.2) is 0 Å². The van der Waals surface area contributed by atoms with Crippen molar-refractivity contribution < 1.29 is 0 Å². The van der Waals surface area contributed by atoms with Gasteiger partial charge in [-0.25, -0.2) is 0 Å². The second kappa shape index (κ2) is 4.13. The lowest BCUT2D eigenvalue weighted by Crippen LogP contribution is -2.30. The first-order valence-electron chi connectivity index (χ1n) is 6.33. The summed E-state index contributed by atoms with van der Waals surface area (Å²) >= 11 is 1.85. The van der Waals surface area contributed by atoms with Gasteiger partial charge in [-0.15, -0.1) is 11.3 Å². The van der Waals surface area contributed by atoms with E-state index in [2.05, 4.69) is 23.8 Å². The third kappa shape index (κ3) is 1.62. The van der Waals surface area contributed by atoms with Crippen molar-refractivity contribution in [3.63, 3.8) is 0 Å². The molecule has 2 saturated carbocycles. The summed E-state index contributed by atoms with van der Waals surface area (Å²) in [6.45, 7) is 2.20. The molecule has 2 aliphatic carbocycles. The first-order valence-corrected chi connectivity index (χ1v) is 7.21. The maximum Gasteiger partial charge on any atom is 0.0589 e. The lowest BCUT2D eigenvalue weighted by Gasteiger charge is -2.15. The number of hydrogen-bond donors (Lipinski definition) is 2. The van der Waals surface area contributed by atoms with Crippen LogP contribution in [-0.2, 0) is 0 Å².